The third-order valence-corrected chi connectivity index (χ3v) is 12.6. The molecule has 2 aliphatic heterocycles. The molecule has 7 rings (SSSR count). The molecule has 0 aromatic carbocycles. The number of nitrogens with zero attached hydrogens (tertiary/aromatic N) is 5. The number of carbonyl (C=O) groups is 5. The zero-order chi connectivity index (χ0) is 40.6. The largest absolute Gasteiger partial charge is 0.355 e. The van der Waals surface area contributed by atoms with Crippen LogP contribution >= 0.6 is 11.3 Å². The molecule has 5 amide bonds. The van der Waals surface area contributed by atoms with E-state index in [-0.39, 0.29) is 49.2 Å². The number of aromatic nitrogens is 4. The van der Waals surface area contributed by atoms with Crippen molar-refractivity contribution in [2.45, 2.75) is 102 Å². The van der Waals surface area contributed by atoms with Crippen LogP contribution in [-0.2, 0) is 45.7 Å². The van der Waals surface area contributed by atoms with Gasteiger partial charge in [-0.25, -0.2) is 14.4 Å². The molecule has 16 nitrogen and oxygen atoms in total. The van der Waals surface area contributed by atoms with Crippen molar-refractivity contribution in [1.82, 2.24) is 51.2 Å². The van der Waals surface area contributed by atoms with Crippen LogP contribution in [0.2, 0.25) is 0 Å². The highest BCUT2D eigenvalue weighted by Gasteiger charge is 2.40. The third-order valence-electron chi connectivity index (χ3n) is 11.5. The number of halogens is 1. The fraction of sp³-hybridized carbons (Fsp3) is 0.600. The number of unbranched alkanes of at least 4 members (excludes halogenated alkanes) is 2. The summed E-state index contributed by atoms with van der Waals surface area (Å²) in [4.78, 5) is 73.1. The van der Waals surface area contributed by atoms with Crippen LogP contribution in [-0.4, -0.2) is 99.0 Å². The van der Waals surface area contributed by atoms with Crippen molar-refractivity contribution in [3.8, 4) is 11.3 Å². The molecular weight excluding hydrogens is 766 g/mol. The van der Waals surface area contributed by atoms with Gasteiger partial charge in [0.2, 0.25) is 29.6 Å². The summed E-state index contributed by atoms with van der Waals surface area (Å²) in [5.74, 6) is 0.0156. The van der Waals surface area contributed by atoms with Crippen molar-refractivity contribution in [2.75, 3.05) is 38.0 Å². The summed E-state index contributed by atoms with van der Waals surface area (Å²) in [5, 5.41) is 22.4. The van der Waals surface area contributed by atoms with E-state index in [1.165, 1.54) is 35.3 Å². The number of aryl methyl sites for hydroxylation is 1. The highest BCUT2D eigenvalue weighted by atomic mass is 32.1. The number of thiophene rings is 1. The van der Waals surface area contributed by atoms with Gasteiger partial charge in [0.15, 0.2) is 5.82 Å². The molecule has 3 aromatic rings. The Labute approximate surface area is 341 Å². The molecule has 6 N–H and O–H groups in total. The van der Waals surface area contributed by atoms with Crippen molar-refractivity contribution in [3.05, 3.63) is 45.3 Å². The fourth-order valence-electron chi connectivity index (χ4n) is 7.99. The summed E-state index contributed by atoms with van der Waals surface area (Å²) in [6.07, 6.45) is 13.3. The Morgan fingerprint density at radius 1 is 0.931 bits per heavy atom. The van der Waals surface area contributed by atoms with Crippen molar-refractivity contribution < 1.29 is 28.4 Å². The Morgan fingerprint density at radius 3 is 2.47 bits per heavy atom. The van der Waals surface area contributed by atoms with E-state index in [0.29, 0.717) is 61.0 Å². The Kier molecular flexibility index (Phi) is 13.8. The number of piperidine rings is 1. The van der Waals surface area contributed by atoms with E-state index in [0.717, 1.165) is 79.6 Å². The Bertz CT molecular complexity index is 1970. The first kappa shape index (κ1) is 41.4. The number of rotatable bonds is 20. The van der Waals surface area contributed by atoms with Crippen molar-refractivity contribution in [3.63, 3.8) is 0 Å². The molecule has 312 valence electrons. The van der Waals surface area contributed by atoms with Crippen LogP contribution < -0.4 is 31.9 Å². The summed E-state index contributed by atoms with van der Waals surface area (Å²) in [7, 11) is 1.89. The number of fused-ring (bicyclic) bond motifs is 1. The molecule has 0 bridgehead atoms. The number of amides is 5. The van der Waals surface area contributed by atoms with Gasteiger partial charge in [-0.05, 0) is 101 Å². The molecule has 58 heavy (non-hydrogen) atoms. The predicted molar refractivity (Wildman–Crippen MR) is 215 cm³/mol. The Hall–Kier alpha value is -4.81. The standard InChI is InChI=1S/C40H54FN11O5S/c1-51-32(15-24-5-6-24)29(19-47-51)36-30(41)20-46-40(50-36)48-27-9-7-25(8-10-27)17-43-22-34(54)44-14-4-2-3-13-42-21-35(55)45-18-28-16-26-23-52(39(57)37(26)58-28)31-11-12-33(53)49-38(31)56/h16,19-20,24-25,27,31,42-43H,2-15,17-18,21-23H2,1H3,(H,44,54)(H,45,55)(H,46,48,50)(H,49,53,56). The third kappa shape index (κ3) is 10.8. The highest BCUT2D eigenvalue weighted by Crippen LogP contribution is 2.36. The first-order chi connectivity index (χ1) is 28.1. The molecule has 1 saturated heterocycles. The van der Waals surface area contributed by atoms with E-state index in [2.05, 4.69) is 47.0 Å². The summed E-state index contributed by atoms with van der Waals surface area (Å²) in [6, 6.07) is 1.47. The minimum atomic E-state index is -0.634. The van der Waals surface area contributed by atoms with Crippen LogP contribution in [0.25, 0.3) is 11.3 Å². The van der Waals surface area contributed by atoms with Crippen LogP contribution in [0.3, 0.4) is 0 Å². The highest BCUT2D eigenvalue weighted by molar-refractivity contribution is 7.14. The second kappa shape index (κ2) is 19.3. The molecule has 0 spiro atoms. The van der Waals surface area contributed by atoms with E-state index >= 15 is 0 Å². The lowest BCUT2D eigenvalue weighted by molar-refractivity contribution is -0.137. The maximum atomic E-state index is 14.8. The molecule has 1 unspecified atom stereocenters. The van der Waals surface area contributed by atoms with E-state index in [4.69, 9.17) is 0 Å². The molecule has 0 radical (unpaired) electrons. The fourth-order valence-corrected chi connectivity index (χ4v) is 9.05. The zero-order valence-corrected chi connectivity index (χ0v) is 33.9. The topological polar surface area (TPSA) is 204 Å². The van der Waals surface area contributed by atoms with Crippen LogP contribution in [0, 0.1) is 17.7 Å². The second-order valence-electron chi connectivity index (χ2n) is 16.0. The Balaban J connectivity index is 0.689. The lowest BCUT2D eigenvalue weighted by Gasteiger charge is -2.29. The van der Waals surface area contributed by atoms with Crippen LogP contribution in [0.15, 0.2) is 18.5 Å². The quantitative estimate of drug-likeness (QED) is 0.0723. The predicted octanol–water partition coefficient (Wildman–Crippen LogP) is 2.54. The minimum Gasteiger partial charge on any atom is -0.355 e. The molecule has 3 aromatic heterocycles. The molecule has 2 aliphatic carbocycles. The van der Waals surface area contributed by atoms with Gasteiger partial charge in [-0.3, -0.25) is 34.0 Å². The SMILES string of the molecule is Cn1ncc(-c2nc(NC3CCC(CNCC(=O)NCCCCCNCC(=O)NCc4cc5c(s4)C(=O)N(C4CCC(=O)NC4=O)C5)CC3)ncc2F)c1CC1CC1. The maximum absolute atomic E-state index is 14.8. The number of nitrogens with one attached hydrogen (secondary N) is 6. The summed E-state index contributed by atoms with van der Waals surface area (Å²) >= 11 is 1.32. The zero-order valence-electron chi connectivity index (χ0n) is 33.0. The van der Waals surface area contributed by atoms with E-state index in [1.54, 1.807) is 6.20 Å². The number of anilines is 1. The van der Waals surface area contributed by atoms with Crippen LogP contribution in [0.4, 0.5) is 10.3 Å². The van der Waals surface area contributed by atoms with E-state index < -0.39 is 17.8 Å². The summed E-state index contributed by atoms with van der Waals surface area (Å²) in [6.45, 7) is 3.18. The van der Waals surface area contributed by atoms with Gasteiger partial charge in [0.25, 0.3) is 5.91 Å². The number of hydrogen-bond donors (Lipinski definition) is 6. The first-order valence-electron chi connectivity index (χ1n) is 20.6. The molecule has 5 heterocycles. The van der Waals surface area contributed by atoms with Gasteiger partial charge in [-0.1, -0.05) is 6.42 Å². The summed E-state index contributed by atoms with van der Waals surface area (Å²) in [5.41, 5.74) is 2.89. The van der Waals surface area contributed by atoms with Crippen LogP contribution in [0.1, 0.15) is 96.4 Å². The second-order valence-corrected chi connectivity index (χ2v) is 17.1. The smallest absolute Gasteiger partial charge is 0.265 e. The molecule has 1 atom stereocenters. The lowest BCUT2D eigenvalue weighted by Crippen LogP contribution is -2.52. The maximum Gasteiger partial charge on any atom is 0.265 e. The van der Waals surface area contributed by atoms with Gasteiger partial charge in [0.1, 0.15) is 11.7 Å². The van der Waals surface area contributed by atoms with Crippen molar-refractivity contribution >= 4 is 46.8 Å². The molecule has 4 aliphatic rings. The van der Waals surface area contributed by atoms with Gasteiger partial charge in [0.05, 0.1) is 36.9 Å². The minimum absolute atomic E-state index is 0.0182. The van der Waals surface area contributed by atoms with E-state index in [9.17, 15) is 28.4 Å². The monoisotopic (exact) mass is 819 g/mol. The van der Waals surface area contributed by atoms with Gasteiger partial charge in [-0.15, -0.1) is 11.3 Å². The molecule has 3 fully saturated rings. The average Bonchev–Trinajstić information content (AvgIpc) is 3.72. The molecule has 18 heteroatoms. The first-order valence-corrected chi connectivity index (χ1v) is 21.4. The average molecular weight is 820 g/mol. The lowest BCUT2D eigenvalue weighted by atomic mass is 9.86. The van der Waals surface area contributed by atoms with Crippen molar-refractivity contribution in [1.29, 1.82) is 0 Å². The molecule has 2 saturated carbocycles. The van der Waals surface area contributed by atoms with Crippen molar-refractivity contribution in [2.24, 2.45) is 18.9 Å². The summed E-state index contributed by atoms with van der Waals surface area (Å²) < 4.78 is 16.7. The van der Waals surface area contributed by atoms with E-state index in [1.807, 2.05) is 17.8 Å². The van der Waals surface area contributed by atoms with Gasteiger partial charge >= 0.3 is 0 Å². The number of imide groups is 1. The van der Waals surface area contributed by atoms with Gasteiger partial charge in [0, 0.05) is 48.7 Å². The Morgan fingerprint density at radius 2 is 1.69 bits per heavy atom. The van der Waals surface area contributed by atoms with Crippen LogP contribution in [0.5, 0.6) is 0 Å². The number of carbonyl (C=O) groups excluding carboxylic acids is 5. The van der Waals surface area contributed by atoms with Gasteiger partial charge in [-0.2, -0.15) is 5.10 Å². The molecular formula is C40H54FN11O5S. The van der Waals surface area contributed by atoms with Gasteiger partial charge < -0.3 is 31.5 Å². The number of hydrogen-bond acceptors (Lipinski definition) is 12. The normalized spacial score (nSPS) is 20.6.